The Morgan fingerprint density at radius 2 is 1.89 bits per heavy atom. The molecule has 2 aromatic rings. The molecule has 0 aromatic heterocycles. The number of nitro benzene ring substituents is 1. The lowest BCUT2D eigenvalue weighted by Gasteiger charge is -2.11. The first kappa shape index (κ1) is 19.3. The van der Waals surface area contributed by atoms with E-state index < -0.39 is 10.8 Å². The first-order valence-electron chi connectivity index (χ1n) is 7.88. The molecular formula is C19H17N5O3. The van der Waals surface area contributed by atoms with Crippen molar-refractivity contribution in [3.63, 3.8) is 0 Å². The van der Waals surface area contributed by atoms with Gasteiger partial charge in [0.25, 0.3) is 11.6 Å². The van der Waals surface area contributed by atoms with E-state index in [1.807, 2.05) is 37.2 Å². The van der Waals surface area contributed by atoms with Crippen molar-refractivity contribution in [3.8, 4) is 6.07 Å². The van der Waals surface area contributed by atoms with E-state index in [4.69, 9.17) is 0 Å². The first-order chi connectivity index (χ1) is 12.9. The summed E-state index contributed by atoms with van der Waals surface area (Å²) in [6, 6.07) is 15.1. The third-order valence-corrected chi connectivity index (χ3v) is 3.59. The predicted octanol–water partition coefficient (Wildman–Crippen LogP) is 2.72. The van der Waals surface area contributed by atoms with Crippen LogP contribution in [0.15, 0.2) is 59.2 Å². The van der Waals surface area contributed by atoms with E-state index in [1.165, 1.54) is 24.3 Å². The minimum absolute atomic E-state index is 0.132. The van der Waals surface area contributed by atoms with Crippen LogP contribution in [0, 0.1) is 21.4 Å². The Kier molecular flexibility index (Phi) is 6.39. The summed E-state index contributed by atoms with van der Waals surface area (Å²) in [4.78, 5) is 24.4. The van der Waals surface area contributed by atoms with E-state index >= 15 is 0 Å². The fourth-order valence-corrected chi connectivity index (χ4v) is 2.17. The number of carbonyl (C=O) groups is 1. The molecule has 27 heavy (non-hydrogen) atoms. The number of para-hydroxylation sites is 1. The number of nitrogens with one attached hydrogen (secondary N) is 1. The van der Waals surface area contributed by atoms with Crippen LogP contribution in [-0.4, -0.2) is 31.1 Å². The minimum Gasteiger partial charge on any atom is -0.378 e. The molecule has 2 rings (SSSR count). The number of hydrogen-bond acceptors (Lipinski definition) is 6. The van der Waals surface area contributed by atoms with E-state index in [9.17, 15) is 20.2 Å². The molecule has 2 aromatic carbocycles. The molecule has 1 N–H and O–H groups in total. The Morgan fingerprint density at radius 1 is 1.22 bits per heavy atom. The smallest absolute Gasteiger partial charge is 0.282 e. The number of hydrogen-bond donors (Lipinski definition) is 1. The number of nitriles is 1. The van der Waals surface area contributed by atoms with Gasteiger partial charge in [-0.3, -0.25) is 14.9 Å². The summed E-state index contributed by atoms with van der Waals surface area (Å²) in [5.74, 6) is -0.705. The molecule has 0 saturated heterocycles. The van der Waals surface area contributed by atoms with Gasteiger partial charge in [0.15, 0.2) is 0 Å². The monoisotopic (exact) mass is 363 g/mol. The summed E-state index contributed by atoms with van der Waals surface area (Å²) in [6.45, 7) is 0. The zero-order valence-electron chi connectivity index (χ0n) is 14.8. The molecule has 8 heteroatoms. The van der Waals surface area contributed by atoms with Gasteiger partial charge in [0, 0.05) is 25.8 Å². The van der Waals surface area contributed by atoms with Gasteiger partial charge < -0.3 is 4.90 Å². The highest BCUT2D eigenvalue weighted by Crippen LogP contribution is 2.16. The van der Waals surface area contributed by atoms with Gasteiger partial charge in [0.2, 0.25) is 0 Å². The van der Waals surface area contributed by atoms with Crippen molar-refractivity contribution in [2.45, 2.75) is 0 Å². The summed E-state index contributed by atoms with van der Waals surface area (Å²) in [5, 5.41) is 23.9. The number of nitrogens with zero attached hydrogens (tertiary/aromatic N) is 4. The fourth-order valence-electron chi connectivity index (χ4n) is 2.17. The number of carbonyl (C=O) groups excluding carboxylic acids is 1. The van der Waals surface area contributed by atoms with E-state index in [0.29, 0.717) is 5.56 Å². The van der Waals surface area contributed by atoms with Crippen molar-refractivity contribution >= 4 is 29.6 Å². The van der Waals surface area contributed by atoms with Gasteiger partial charge in [0.1, 0.15) is 11.6 Å². The van der Waals surface area contributed by atoms with Crippen LogP contribution in [0.25, 0.3) is 6.08 Å². The Morgan fingerprint density at radius 3 is 2.48 bits per heavy atom. The zero-order valence-corrected chi connectivity index (χ0v) is 14.8. The number of rotatable bonds is 6. The molecular weight excluding hydrogens is 346 g/mol. The first-order valence-corrected chi connectivity index (χ1v) is 7.88. The average Bonchev–Trinajstić information content (AvgIpc) is 2.66. The average molecular weight is 363 g/mol. The lowest BCUT2D eigenvalue weighted by Crippen LogP contribution is -2.19. The van der Waals surface area contributed by atoms with Crippen molar-refractivity contribution in [1.82, 2.24) is 5.43 Å². The molecule has 0 aliphatic rings. The van der Waals surface area contributed by atoms with Crippen LogP contribution < -0.4 is 10.3 Å². The summed E-state index contributed by atoms with van der Waals surface area (Å²) in [7, 11) is 3.82. The third kappa shape index (κ3) is 5.24. The molecule has 0 spiro atoms. The maximum atomic E-state index is 12.1. The standard InChI is InChI=1S/C19H17N5O3/c1-23(2)17-9-7-14(8-10-17)11-16(12-20)19(25)22-21-13-15-5-3-4-6-18(15)24(26)27/h3-11,13H,1-2H3,(H,22,25)/b16-11+,21-13?. The summed E-state index contributed by atoms with van der Waals surface area (Å²) in [6.07, 6.45) is 2.60. The molecule has 0 aliphatic carbocycles. The maximum absolute atomic E-state index is 12.1. The van der Waals surface area contributed by atoms with Gasteiger partial charge in [-0.1, -0.05) is 24.3 Å². The predicted molar refractivity (Wildman–Crippen MR) is 103 cm³/mol. The highest BCUT2D eigenvalue weighted by atomic mass is 16.6. The molecule has 0 saturated carbocycles. The normalized spacial score (nSPS) is 11.1. The van der Waals surface area contributed by atoms with Gasteiger partial charge in [0.05, 0.1) is 16.7 Å². The van der Waals surface area contributed by atoms with Crippen LogP contribution in [-0.2, 0) is 4.79 Å². The molecule has 0 unspecified atom stereocenters. The van der Waals surface area contributed by atoms with Crippen molar-refractivity contribution in [2.24, 2.45) is 5.10 Å². The molecule has 0 heterocycles. The number of benzene rings is 2. The fraction of sp³-hybridized carbons (Fsp3) is 0.105. The van der Waals surface area contributed by atoms with E-state index in [1.54, 1.807) is 18.2 Å². The van der Waals surface area contributed by atoms with E-state index in [-0.39, 0.29) is 16.8 Å². The molecule has 0 fully saturated rings. The van der Waals surface area contributed by atoms with Crippen LogP contribution >= 0.6 is 0 Å². The molecule has 0 atom stereocenters. The highest BCUT2D eigenvalue weighted by Gasteiger charge is 2.11. The highest BCUT2D eigenvalue weighted by molar-refractivity contribution is 6.02. The lowest BCUT2D eigenvalue weighted by molar-refractivity contribution is -0.385. The second kappa shape index (κ2) is 8.92. The lowest BCUT2D eigenvalue weighted by atomic mass is 10.1. The molecule has 0 aliphatic heterocycles. The van der Waals surface area contributed by atoms with Crippen molar-refractivity contribution in [2.75, 3.05) is 19.0 Å². The van der Waals surface area contributed by atoms with Gasteiger partial charge in [-0.25, -0.2) is 5.43 Å². The van der Waals surface area contributed by atoms with E-state index in [0.717, 1.165) is 11.9 Å². The maximum Gasteiger partial charge on any atom is 0.282 e. The van der Waals surface area contributed by atoms with Crippen LogP contribution in [0.2, 0.25) is 0 Å². The second-order valence-electron chi connectivity index (χ2n) is 5.67. The van der Waals surface area contributed by atoms with Crippen LogP contribution in [0.3, 0.4) is 0 Å². The van der Waals surface area contributed by atoms with E-state index in [2.05, 4.69) is 10.5 Å². The number of hydrazone groups is 1. The topological polar surface area (TPSA) is 112 Å². The quantitative estimate of drug-likeness (QED) is 0.279. The van der Waals surface area contributed by atoms with Crippen LogP contribution in [0.1, 0.15) is 11.1 Å². The Hall–Kier alpha value is -3.99. The minimum atomic E-state index is -0.705. The van der Waals surface area contributed by atoms with Crippen molar-refractivity contribution in [1.29, 1.82) is 5.26 Å². The largest absolute Gasteiger partial charge is 0.378 e. The van der Waals surface area contributed by atoms with Crippen LogP contribution in [0.5, 0.6) is 0 Å². The SMILES string of the molecule is CN(C)c1ccc(/C=C(\C#N)C(=O)NN=Cc2ccccc2[N+](=O)[O-])cc1. The van der Waals surface area contributed by atoms with Crippen molar-refractivity contribution < 1.29 is 9.72 Å². The summed E-state index contributed by atoms with van der Waals surface area (Å²) in [5.41, 5.74) is 3.86. The molecule has 0 radical (unpaired) electrons. The molecule has 136 valence electrons. The van der Waals surface area contributed by atoms with Gasteiger partial charge in [-0.2, -0.15) is 10.4 Å². The summed E-state index contributed by atoms with van der Waals surface area (Å²) >= 11 is 0. The van der Waals surface area contributed by atoms with Gasteiger partial charge in [-0.05, 0) is 29.8 Å². The Balaban J connectivity index is 2.11. The zero-order chi connectivity index (χ0) is 19.8. The Labute approximate surface area is 156 Å². The number of nitro groups is 1. The Bertz CT molecular complexity index is 941. The third-order valence-electron chi connectivity index (χ3n) is 3.59. The molecule has 1 amide bonds. The number of amides is 1. The number of anilines is 1. The second-order valence-corrected chi connectivity index (χ2v) is 5.67. The molecule has 8 nitrogen and oxygen atoms in total. The molecule has 0 bridgehead atoms. The van der Waals surface area contributed by atoms with Crippen LogP contribution in [0.4, 0.5) is 11.4 Å². The summed E-state index contributed by atoms with van der Waals surface area (Å²) < 4.78 is 0. The van der Waals surface area contributed by atoms with Crippen molar-refractivity contribution in [3.05, 3.63) is 75.3 Å². The van der Waals surface area contributed by atoms with Gasteiger partial charge in [-0.15, -0.1) is 0 Å². The van der Waals surface area contributed by atoms with Gasteiger partial charge >= 0.3 is 0 Å².